The second kappa shape index (κ2) is 9.39. The monoisotopic (exact) mass is 427 g/mol. The molecule has 0 bridgehead atoms. The fraction of sp³-hybridized carbons (Fsp3) is 0.500. The van der Waals surface area contributed by atoms with Gasteiger partial charge in [-0.3, -0.25) is 4.79 Å². The van der Waals surface area contributed by atoms with Crippen molar-refractivity contribution in [3.63, 3.8) is 0 Å². The molecule has 0 N–H and O–H groups in total. The summed E-state index contributed by atoms with van der Waals surface area (Å²) in [6.07, 6.45) is 7.12. The minimum absolute atomic E-state index is 0.0553. The summed E-state index contributed by atoms with van der Waals surface area (Å²) < 4.78 is 26.0. The molecule has 5 heteroatoms. The fourth-order valence-electron chi connectivity index (χ4n) is 4.41. The van der Waals surface area contributed by atoms with Crippen molar-refractivity contribution >= 4 is 12.0 Å². The number of carbonyl (C=O) groups excluding carboxylic acids is 1. The van der Waals surface area contributed by atoms with Gasteiger partial charge in [-0.1, -0.05) is 30.7 Å². The number of halogens is 1. The SMILES string of the molecule is CCCN(C/C(C)=C/c1ccc(C)cc1F)C(=O)C1=CC(OC)C2CC(C)(C)OC2=C1. The maximum atomic E-state index is 14.2. The van der Waals surface area contributed by atoms with Crippen molar-refractivity contribution in [3.8, 4) is 0 Å². The predicted molar refractivity (Wildman–Crippen MR) is 122 cm³/mol. The van der Waals surface area contributed by atoms with Crippen LogP contribution in [0.2, 0.25) is 0 Å². The Balaban J connectivity index is 1.81. The van der Waals surface area contributed by atoms with Crippen LogP contribution in [0.5, 0.6) is 0 Å². The van der Waals surface area contributed by atoms with E-state index in [9.17, 15) is 9.18 Å². The van der Waals surface area contributed by atoms with Gasteiger partial charge in [-0.2, -0.15) is 0 Å². The number of rotatable bonds is 7. The molecular weight excluding hydrogens is 393 g/mol. The summed E-state index contributed by atoms with van der Waals surface area (Å²) in [6, 6.07) is 5.19. The van der Waals surface area contributed by atoms with E-state index in [1.165, 1.54) is 6.07 Å². The van der Waals surface area contributed by atoms with Crippen molar-refractivity contribution in [1.82, 2.24) is 4.90 Å². The molecule has 4 nitrogen and oxygen atoms in total. The molecule has 2 aliphatic rings. The lowest BCUT2D eigenvalue weighted by atomic mass is 9.86. The summed E-state index contributed by atoms with van der Waals surface area (Å²) >= 11 is 0. The van der Waals surface area contributed by atoms with Crippen LogP contribution < -0.4 is 0 Å². The predicted octanol–water partition coefficient (Wildman–Crippen LogP) is 5.43. The van der Waals surface area contributed by atoms with Gasteiger partial charge in [-0.25, -0.2) is 4.39 Å². The van der Waals surface area contributed by atoms with Crippen LogP contribution >= 0.6 is 0 Å². The molecule has 1 heterocycles. The topological polar surface area (TPSA) is 38.8 Å². The van der Waals surface area contributed by atoms with Crippen LogP contribution in [0.4, 0.5) is 4.39 Å². The van der Waals surface area contributed by atoms with Gasteiger partial charge in [0.25, 0.3) is 5.91 Å². The van der Waals surface area contributed by atoms with Crippen molar-refractivity contribution in [2.45, 2.75) is 59.2 Å². The summed E-state index contributed by atoms with van der Waals surface area (Å²) in [7, 11) is 1.67. The molecule has 0 saturated carbocycles. The Morgan fingerprint density at radius 3 is 2.77 bits per heavy atom. The van der Waals surface area contributed by atoms with Gasteiger partial charge in [0.1, 0.15) is 17.2 Å². The zero-order chi connectivity index (χ0) is 22.8. The van der Waals surface area contributed by atoms with Crippen LogP contribution in [0.25, 0.3) is 6.08 Å². The Kier molecular flexibility index (Phi) is 7.05. The Hall–Kier alpha value is -2.40. The first-order chi connectivity index (χ1) is 14.6. The van der Waals surface area contributed by atoms with E-state index in [2.05, 4.69) is 13.8 Å². The average Bonchev–Trinajstić information content (AvgIpc) is 3.02. The van der Waals surface area contributed by atoms with Crippen molar-refractivity contribution < 1.29 is 18.7 Å². The van der Waals surface area contributed by atoms with Crippen LogP contribution in [0.3, 0.4) is 0 Å². The lowest BCUT2D eigenvalue weighted by Gasteiger charge is -2.27. The van der Waals surface area contributed by atoms with Crippen molar-refractivity contribution in [2.75, 3.05) is 20.2 Å². The van der Waals surface area contributed by atoms with Crippen LogP contribution in [0.15, 0.2) is 47.3 Å². The van der Waals surface area contributed by atoms with E-state index in [4.69, 9.17) is 9.47 Å². The number of benzene rings is 1. The first kappa shape index (κ1) is 23.3. The number of nitrogens with zero attached hydrogens (tertiary/aromatic N) is 1. The maximum Gasteiger partial charge on any atom is 0.254 e. The molecule has 1 aliphatic carbocycles. The minimum Gasteiger partial charge on any atom is -0.492 e. The molecule has 3 rings (SSSR count). The van der Waals surface area contributed by atoms with Crippen molar-refractivity contribution in [3.05, 3.63) is 64.2 Å². The van der Waals surface area contributed by atoms with Crippen LogP contribution in [0, 0.1) is 18.7 Å². The Bertz CT molecular complexity index is 929. The van der Waals surface area contributed by atoms with Gasteiger partial charge in [0, 0.05) is 31.3 Å². The van der Waals surface area contributed by atoms with Gasteiger partial charge in [-0.05, 0) is 64.3 Å². The Labute approximate surface area is 185 Å². The first-order valence-corrected chi connectivity index (χ1v) is 11.0. The Morgan fingerprint density at radius 1 is 1.39 bits per heavy atom. The van der Waals surface area contributed by atoms with Crippen LogP contribution in [0.1, 0.15) is 51.7 Å². The van der Waals surface area contributed by atoms with Gasteiger partial charge in [0.05, 0.1) is 12.0 Å². The lowest BCUT2D eigenvalue weighted by Crippen LogP contribution is -2.36. The molecule has 0 aromatic heterocycles. The molecule has 1 aromatic carbocycles. The molecule has 1 aromatic rings. The van der Waals surface area contributed by atoms with E-state index in [0.29, 0.717) is 24.2 Å². The standard InChI is InChI=1S/C26H34FNO3/c1-7-10-28(16-18(3)11-19-9-8-17(2)12-22(19)27)25(29)20-13-23(30-6)21-15-26(4,5)31-24(21)14-20/h8-9,11-14,21,23H,7,10,15-16H2,1-6H3/b18-11+. The van der Waals surface area contributed by atoms with E-state index < -0.39 is 0 Å². The second-order valence-corrected chi connectivity index (χ2v) is 9.28. The quantitative estimate of drug-likeness (QED) is 0.582. The fourth-order valence-corrected chi connectivity index (χ4v) is 4.41. The molecular formula is C26H34FNO3. The third-order valence-electron chi connectivity index (χ3n) is 5.81. The summed E-state index contributed by atoms with van der Waals surface area (Å²) in [5, 5.41) is 0. The minimum atomic E-state index is -0.264. The van der Waals surface area contributed by atoms with Crippen molar-refractivity contribution in [1.29, 1.82) is 0 Å². The zero-order valence-electron chi connectivity index (χ0n) is 19.5. The molecule has 0 radical (unpaired) electrons. The van der Waals surface area contributed by atoms with E-state index in [1.807, 2.05) is 50.0 Å². The smallest absolute Gasteiger partial charge is 0.254 e. The molecule has 1 aliphatic heterocycles. The number of hydrogen-bond acceptors (Lipinski definition) is 3. The average molecular weight is 428 g/mol. The molecule has 168 valence electrons. The largest absolute Gasteiger partial charge is 0.492 e. The maximum absolute atomic E-state index is 14.2. The number of fused-ring (bicyclic) bond motifs is 1. The third kappa shape index (κ3) is 5.45. The number of ether oxygens (including phenoxy) is 2. The summed E-state index contributed by atoms with van der Waals surface area (Å²) in [4.78, 5) is 15.2. The number of methoxy groups -OCH3 is 1. The van der Waals surface area contributed by atoms with Gasteiger partial charge in [0.2, 0.25) is 0 Å². The van der Waals surface area contributed by atoms with E-state index in [0.717, 1.165) is 29.7 Å². The lowest BCUT2D eigenvalue weighted by molar-refractivity contribution is -0.126. The van der Waals surface area contributed by atoms with Crippen LogP contribution in [-0.4, -0.2) is 42.7 Å². The highest BCUT2D eigenvalue weighted by Gasteiger charge is 2.43. The molecule has 1 saturated heterocycles. The highest BCUT2D eigenvalue weighted by atomic mass is 19.1. The number of aryl methyl sites for hydroxylation is 1. The molecule has 1 fully saturated rings. The summed E-state index contributed by atoms with van der Waals surface area (Å²) in [6.45, 7) is 11.0. The Morgan fingerprint density at radius 2 is 2.13 bits per heavy atom. The van der Waals surface area contributed by atoms with E-state index in [-0.39, 0.29) is 29.3 Å². The molecule has 2 unspecified atom stereocenters. The summed E-state index contributed by atoms with van der Waals surface area (Å²) in [5.74, 6) is 0.665. The molecule has 31 heavy (non-hydrogen) atoms. The van der Waals surface area contributed by atoms with E-state index >= 15 is 0 Å². The number of carbonyl (C=O) groups is 1. The number of amides is 1. The van der Waals surface area contributed by atoms with Gasteiger partial charge < -0.3 is 14.4 Å². The molecule has 0 spiro atoms. The van der Waals surface area contributed by atoms with Gasteiger partial charge in [0.15, 0.2) is 0 Å². The van der Waals surface area contributed by atoms with Gasteiger partial charge in [-0.15, -0.1) is 0 Å². The molecule has 1 amide bonds. The van der Waals surface area contributed by atoms with Crippen LogP contribution in [-0.2, 0) is 14.3 Å². The first-order valence-electron chi connectivity index (χ1n) is 11.0. The zero-order valence-corrected chi connectivity index (χ0v) is 19.5. The highest BCUT2D eigenvalue weighted by Crippen LogP contribution is 2.43. The molecule has 2 atom stereocenters. The number of hydrogen-bond donors (Lipinski definition) is 0. The van der Waals surface area contributed by atoms with Gasteiger partial charge >= 0.3 is 0 Å². The summed E-state index contributed by atoms with van der Waals surface area (Å²) in [5.41, 5.74) is 2.68. The second-order valence-electron chi connectivity index (χ2n) is 9.28. The van der Waals surface area contributed by atoms with E-state index in [1.54, 1.807) is 13.2 Å². The normalized spacial score (nSPS) is 22.4. The third-order valence-corrected chi connectivity index (χ3v) is 5.81. The highest BCUT2D eigenvalue weighted by molar-refractivity contribution is 5.97. The van der Waals surface area contributed by atoms with Crippen molar-refractivity contribution in [2.24, 2.45) is 5.92 Å².